The highest BCUT2D eigenvalue weighted by molar-refractivity contribution is 5.95. The van der Waals surface area contributed by atoms with Crippen molar-refractivity contribution in [3.05, 3.63) is 65.7 Å². The molecule has 0 spiro atoms. The number of hydrogen-bond acceptors (Lipinski definition) is 4. The molecule has 0 aliphatic heterocycles. The van der Waals surface area contributed by atoms with Gasteiger partial charge in [0.25, 0.3) is 5.91 Å². The van der Waals surface area contributed by atoms with Gasteiger partial charge in [0, 0.05) is 6.08 Å². The van der Waals surface area contributed by atoms with Crippen LogP contribution in [0.1, 0.15) is 11.1 Å². The van der Waals surface area contributed by atoms with Crippen molar-refractivity contribution in [2.75, 3.05) is 11.9 Å². The number of halogens is 3. The summed E-state index contributed by atoms with van der Waals surface area (Å²) in [6.07, 6.45) is -2.41. The van der Waals surface area contributed by atoms with E-state index in [1.165, 1.54) is 24.3 Å². The average molecular weight is 365 g/mol. The number of amides is 1. The second-order valence-corrected chi connectivity index (χ2v) is 5.13. The molecule has 0 radical (unpaired) electrons. The Balaban J connectivity index is 1.88. The molecule has 0 aromatic heterocycles. The van der Waals surface area contributed by atoms with Gasteiger partial charge in [-0.1, -0.05) is 24.3 Å². The monoisotopic (exact) mass is 365 g/mol. The summed E-state index contributed by atoms with van der Waals surface area (Å²) in [4.78, 5) is 23.2. The summed E-state index contributed by atoms with van der Waals surface area (Å²) in [5.74, 6) is -1.71. The number of phenols is 1. The first-order valence-corrected chi connectivity index (χ1v) is 7.35. The lowest BCUT2D eigenvalue weighted by atomic mass is 10.1. The highest BCUT2D eigenvalue weighted by Gasteiger charge is 2.30. The minimum absolute atomic E-state index is 0.142. The van der Waals surface area contributed by atoms with Crippen molar-refractivity contribution in [2.45, 2.75) is 6.18 Å². The first kappa shape index (κ1) is 19.0. The first-order valence-electron chi connectivity index (χ1n) is 7.35. The van der Waals surface area contributed by atoms with Gasteiger partial charge < -0.3 is 15.2 Å². The Labute approximate surface area is 146 Å². The van der Waals surface area contributed by atoms with E-state index in [1.54, 1.807) is 12.1 Å². The molecule has 0 bridgehead atoms. The third-order valence-corrected chi connectivity index (χ3v) is 3.15. The number of anilines is 1. The topological polar surface area (TPSA) is 75.6 Å². The molecule has 0 saturated carbocycles. The highest BCUT2D eigenvalue weighted by Crippen LogP contribution is 2.29. The Morgan fingerprint density at radius 1 is 1.12 bits per heavy atom. The van der Waals surface area contributed by atoms with E-state index in [2.05, 4.69) is 5.32 Å². The maximum absolute atomic E-state index is 12.6. The normalized spacial score (nSPS) is 11.3. The van der Waals surface area contributed by atoms with Gasteiger partial charge in [0.15, 0.2) is 6.61 Å². The molecule has 2 rings (SSSR count). The number of ether oxygens (including phenoxy) is 1. The third-order valence-electron chi connectivity index (χ3n) is 3.15. The molecule has 0 heterocycles. The lowest BCUT2D eigenvalue weighted by molar-refractivity contribution is -0.142. The van der Waals surface area contributed by atoms with Gasteiger partial charge in [-0.3, -0.25) is 4.79 Å². The lowest BCUT2D eigenvalue weighted by Crippen LogP contribution is -2.20. The van der Waals surface area contributed by atoms with Crippen LogP contribution in [-0.2, 0) is 20.5 Å². The number of benzene rings is 2. The van der Waals surface area contributed by atoms with Crippen LogP contribution in [0.3, 0.4) is 0 Å². The fourth-order valence-electron chi connectivity index (χ4n) is 1.93. The van der Waals surface area contributed by atoms with E-state index in [4.69, 9.17) is 4.74 Å². The Morgan fingerprint density at radius 3 is 2.54 bits per heavy atom. The van der Waals surface area contributed by atoms with Gasteiger partial charge >= 0.3 is 12.1 Å². The number of aromatic hydroxyl groups is 1. The van der Waals surface area contributed by atoms with Crippen molar-refractivity contribution in [3.8, 4) is 5.75 Å². The average Bonchev–Trinajstić information content (AvgIpc) is 2.60. The number of phenolic OH excluding ortho intramolecular Hbond substituents is 1. The predicted molar refractivity (Wildman–Crippen MR) is 88.2 cm³/mol. The number of nitrogens with one attached hydrogen (secondary N) is 1. The van der Waals surface area contributed by atoms with Crippen molar-refractivity contribution in [3.63, 3.8) is 0 Å². The minimum atomic E-state index is -4.48. The summed E-state index contributed by atoms with van der Waals surface area (Å²) < 4.78 is 42.5. The van der Waals surface area contributed by atoms with Crippen LogP contribution in [0.5, 0.6) is 5.75 Å². The van der Waals surface area contributed by atoms with Gasteiger partial charge in [-0.15, -0.1) is 0 Å². The molecule has 1 amide bonds. The lowest BCUT2D eigenvalue weighted by Gasteiger charge is -2.07. The molecule has 0 fully saturated rings. The van der Waals surface area contributed by atoms with Crippen molar-refractivity contribution in [1.29, 1.82) is 0 Å². The molecule has 2 aromatic carbocycles. The number of carbonyl (C=O) groups excluding carboxylic acids is 2. The van der Waals surface area contributed by atoms with Crippen LogP contribution in [0.25, 0.3) is 6.08 Å². The number of carbonyl (C=O) groups is 2. The molecule has 0 aliphatic carbocycles. The molecule has 5 nitrogen and oxygen atoms in total. The summed E-state index contributed by atoms with van der Waals surface area (Å²) in [6.45, 7) is -0.611. The second-order valence-electron chi connectivity index (χ2n) is 5.13. The fraction of sp³-hybridized carbons (Fsp3) is 0.111. The van der Waals surface area contributed by atoms with E-state index >= 15 is 0 Å². The van der Waals surface area contributed by atoms with E-state index in [1.807, 2.05) is 0 Å². The van der Waals surface area contributed by atoms with Crippen LogP contribution in [0.15, 0.2) is 54.6 Å². The van der Waals surface area contributed by atoms with Gasteiger partial charge in [0.05, 0.1) is 11.3 Å². The Kier molecular flexibility index (Phi) is 6.00. The largest absolute Gasteiger partial charge is 0.506 e. The van der Waals surface area contributed by atoms with Crippen LogP contribution < -0.4 is 5.32 Å². The number of hydrogen-bond donors (Lipinski definition) is 2. The standard InChI is InChI=1S/C18H14F3NO4/c19-18(20,21)13-5-3-4-12(10-13)8-9-17(25)26-11-16(24)22-14-6-1-2-7-15(14)23/h1-10,23H,11H2,(H,22,24)/b9-8+. The molecule has 2 N–H and O–H groups in total. The molecular weight excluding hydrogens is 351 g/mol. The molecule has 136 valence electrons. The van der Waals surface area contributed by atoms with Gasteiger partial charge in [0.1, 0.15) is 5.75 Å². The Morgan fingerprint density at radius 2 is 1.85 bits per heavy atom. The number of rotatable bonds is 5. The summed E-state index contributed by atoms with van der Waals surface area (Å²) in [7, 11) is 0. The van der Waals surface area contributed by atoms with Gasteiger partial charge in [0.2, 0.25) is 0 Å². The predicted octanol–water partition coefficient (Wildman–Crippen LogP) is 3.61. The van der Waals surface area contributed by atoms with E-state index in [0.29, 0.717) is 0 Å². The summed E-state index contributed by atoms with van der Waals surface area (Å²) >= 11 is 0. The van der Waals surface area contributed by atoms with Crippen molar-refractivity contribution in [1.82, 2.24) is 0 Å². The fourth-order valence-corrected chi connectivity index (χ4v) is 1.93. The zero-order chi connectivity index (χ0) is 19.2. The highest BCUT2D eigenvalue weighted by atomic mass is 19.4. The van der Waals surface area contributed by atoms with Gasteiger partial charge in [-0.25, -0.2) is 4.79 Å². The van der Waals surface area contributed by atoms with Crippen LogP contribution in [0.4, 0.5) is 18.9 Å². The van der Waals surface area contributed by atoms with E-state index in [0.717, 1.165) is 24.3 Å². The maximum Gasteiger partial charge on any atom is 0.416 e. The van der Waals surface area contributed by atoms with Gasteiger partial charge in [-0.2, -0.15) is 13.2 Å². The van der Waals surface area contributed by atoms with Crippen LogP contribution in [-0.4, -0.2) is 23.6 Å². The van der Waals surface area contributed by atoms with Crippen LogP contribution in [0, 0.1) is 0 Å². The molecule has 0 saturated heterocycles. The molecule has 8 heteroatoms. The van der Waals surface area contributed by atoms with Crippen LogP contribution >= 0.6 is 0 Å². The van der Waals surface area contributed by atoms with Crippen molar-refractivity contribution >= 4 is 23.6 Å². The van der Waals surface area contributed by atoms with E-state index in [-0.39, 0.29) is 17.0 Å². The SMILES string of the molecule is O=C(COC(=O)/C=C/c1cccc(C(F)(F)F)c1)Nc1ccccc1O. The van der Waals surface area contributed by atoms with Crippen molar-refractivity contribution in [2.24, 2.45) is 0 Å². The maximum atomic E-state index is 12.6. The first-order chi connectivity index (χ1) is 12.3. The van der Waals surface area contributed by atoms with Crippen LogP contribution in [0.2, 0.25) is 0 Å². The summed E-state index contributed by atoms with van der Waals surface area (Å²) in [5.41, 5.74) is -0.515. The van der Waals surface area contributed by atoms with Gasteiger partial charge in [-0.05, 0) is 35.9 Å². The minimum Gasteiger partial charge on any atom is -0.506 e. The number of para-hydroxylation sites is 2. The zero-order valence-corrected chi connectivity index (χ0v) is 13.3. The number of alkyl halides is 3. The number of esters is 1. The van der Waals surface area contributed by atoms with E-state index in [9.17, 15) is 27.9 Å². The summed E-state index contributed by atoms with van der Waals surface area (Å²) in [5, 5.41) is 11.9. The second kappa shape index (κ2) is 8.19. The van der Waals surface area contributed by atoms with Crippen molar-refractivity contribution < 1.29 is 32.6 Å². The quantitative estimate of drug-likeness (QED) is 0.482. The Bertz CT molecular complexity index is 831. The molecule has 26 heavy (non-hydrogen) atoms. The molecule has 0 aliphatic rings. The molecule has 0 unspecified atom stereocenters. The molecule has 0 atom stereocenters. The smallest absolute Gasteiger partial charge is 0.416 e. The third kappa shape index (κ3) is 5.66. The zero-order valence-electron chi connectivity index (χ0n) is 13.3. The van der Waals surface area contributed by atoms with E-state index < -0.39 is 30.2 Å². The summed E-state index contributed by atoms with van der Waals surface area (Å²) in [6, 6.07) is 10.4. The Hall–Kier alpha value is -3.29. The molecular formula is C18H14F3NO4. The molecule has 2 aromatic rings.